The number of hydrogen-bond acceptors (Lipinski definition) is 3. The van der Waals surface area contributed by atoms with Crippen molar-refractivity contribution < 1.29 is 5.21 Å². The maximum absolute atomic E-state index is 9.57. The Labute approximate surface area is 85.6 Å². The van der Waals surface area contributed by atoms with Crippen molar-refractivity contribution in [3.63, 3.8) is 0 Å². The second kappa shape index (κ2) is 3.47. The molecule has 3 nitrogen and oxygen atoms in total. The van der Waals surface area contributed by atoms with Crippen molar-refractivity contribution in [3.8, 4) is 0 Å². The smallest absolute Gasteiger partial charge is 0.0281 e. The summed E-state index contributed by atoms with van der Waals surface area (Å²) < 4.78 is 0. The second-order valence-corrected chi connectivity index (χ2v) is 5.20. The minimum atomic E-state index is 0.747. The lowest BCUT2D eigenvalue weighted by Gasteiger charge is -2.40. The van der Waals surface area contributed by atoms with E-state index in [9.17, 15) is 5.21 Å². The molecule has 2 atom stereocenters. The highest BCUT2D eigenvalue weighted by molar-refractivity contribution is 4.97. The lowest BCUT2D eigenvalue weighted by molar-refractivity contribution is -0.137. The van der Waals surface area contributed by atoms with E-state index < -0.39 is 0 Å². The zero-order valence-electron chi connectivity index (χ0n) is 8.73. The summed E-state index contributed by atoms with van der Waals surface area (Å²) in [4.78, 5) is 2.69. The van der Waals surface area contributed by atoms with E-state index in [1.807, 2.05) is 0 Å². The summed E-state index contributed by atoms with van der Waals surface area (Å²) in [5.74, 6) is 1.49. The Morgan fingerprint density at radius 3 is 2.07 bits per heavy atom. The Bertz CT molecular complexity index is 201. The highest BCUT2D eigenvalue weighted by Crippen LogP contribution is 2.40. The summed E-state index contributed by atoms with van der Waals surface area (Å²) in [5, 5.41) is 11.1. The first-order valence-corrected chi connectivity index (χ1v) is 6.02. The molecule has 2 unspecified atom stereocenters. The molecule has 2 aliphatic heterocycles. The van der Waals surface area contributed by atoms with Gasteiger partial charge in [0.1, 0.15) is 0 Å². The van der Waals surface area contributed by atoms with E-state index in [-0.39, 0.29) is 0 Å². The van der Waals surface area contributed by atoms with Gasteiger partial charge in [0, 0.05) is 19.1 Å². The molecule has 0 spiro atoms. The molecule has 0 amide bonds. The van der Waals surface area contributed by atoms with E-state index >= 15 is 0 Å². The fourth-order valence-corrected chi connectivity index (χ4v) is 3.81. The first-order chi connectivity index (χ1) is 6.84. The Morgan fingerprint density at radius 1 is 0.929 bits per heavy atom. The van der Waals surface area contributed by atoms with Gasteiger partial charge in [0.2, 0.25) is 0 Å². The zero-order chi connectivity index (χ0) is 9.54. The number of nitrogens with zero attached hydrogens (tertiary/aromatic N) is 2. The molecular formula is C11H20N2O. The summed E-state index contributed by atoms with van der Waals surface area (Å²) in [6.45, 7) is 4.45. The summed E-state index contributed by atoms with van der Waals surface area (Å²) in [6.07, 6.45) is 5.45. The molecule has 80 valence electrons. The van der Waals surface area contributed by atoms with Gasteiger partial charge in [-0.25, -0.2) is 0 Å². The van der Waals surface area contributed by atoms with Crippen molar-refractivity contribution in [1.29, 1.82) is 0 Å². The summed E-state index contributed by atoms with van der Waals surface area (Å²) in [5.41, 5.74) is 0. The molecular weight excluding hydrogens is 176 g/mol. The Balaban J connectivity index is 1.74. The molecule has 1 N–H and O–H groups in total. The number of likely N-dealkylation sites (tertiary alicyclic amines) is 1. The molecule has 3 aliphatic rings. The minimum absolute atomic E-state index is 0.747. The lowest BCUT2D eigenvalue weighted by atomic mass is 9.92. The van der Waals surface area contributed by atoms with Gasteiger partial charge < -0.3 is 5.21 Å². The second-order valence-electron chi connectivity index (χ2n) is 5.20. The molecule has 14 heavy (non-hydrogen) atoms. The molecule has 2 bridgehead atoms. The summed E-state index contributed by atoms with van der Waals surface area (Å²) in [7, 11) is 0. The minimum Gasteiger partial charge on any atom is -0.314 e. The Hall–Kier alpha value is -0.120. The molecule has 3 fully saturated rings. The van der Waals surface area contributed by atoms with Gasteiger partial charge in [-0.3, -0.25) is 4.90 Å². The van der Waals surface area contributed by atoms with Crippen LogP contribution in [0.4, 0.5) is 0 Å². The number of rotatable bonds is 1. The van der Waals surface area contributed by atoms with Crippen LogP contribution in [0.5, 0.6) is 0 Å². The average molecular weight is 196 g/mol. The van der Waals surface area contributed by atoms with E-state index in [4.69, 9.17) is 0 Å². The third-order valence-corrected chi connectivity index (χ3v) is 4.33. The molecule has 0 aromatic carbocycles. The highest BCUT2D eigenvalue weighted by atomic mass is 16.5. The van der Waals surface area contributed by atoms with E-state index in [1.54, 1.807) is 5.06 Å². The van der Waals surface area contributed by atoms with Crippen LogP contribution in [0.25, 0.3) is 0 Å². The molecule has 0 radical (unpaired) electrons. The van der Waals surface area contributed by atoms with Gasteiger partial charge in [-0.1, -0.05) is 0 Å². The molecule has 2 heterocycles. The molecule has 1 aliphatic carbocycles. The van der Waals surface area contributed by atoms with Crippen LogP contribution < -0.4 is 0 Å². The van der Waals surface area contributed by atoms with E-state index in [0.717, 1.165) is 31.0 Å². The predicted molar refractivity (Wildman–Crippen MR) is 54.2 cm³/mol. The van der Waals surface area contributed by atoms with Crippen LogP contribution in [0, 0.1) is 11.8 Å². The van der Waals surface area contributed by atoms with Crippen LogP contribution >= 0.6 is 0 Å². The zero-order valence-corrected chi connectivity index (χ0v) is 8.73. The van der Waals surface area contributed by atoms with Gasteiger partial charge in [-0.2, -0.15) is 5.06 Å². The first-order valence-electron chi connectivity index (χ1n) is 6.02. The van der Waals surface area contributed by atoms with Gasteiger partial charge >= 0.3 is 0 Å². The predicted octanol–water partition coefficient (Wildman–Crippen LogP) is 1.18. The number of hydrogen-bond donors (Lipinski definition) is 1. The van der Waals surface area contributed by atoms with Crippen molar-refractivity contribution in [3.05, 3.63) is 0 Å². The van der Waals surface area contributed by atoms with E-state index in [1.165, 1.54) is 38.8 Å². The molecule has 1 saturated carbocycles. The lowest BCUT2D eigenvalue weighted by Crippen LogP contribution is -2.50. The van der Waals surface area contributed by atoms with Crippen LogP contribution in [-0.2, 0) is 0 Å². The van der Waals surface area contributed by atoms with Crippen molar-refractivity contribution in [2.45, 2.75) is 31.7 Å². The van der Waals surface area contributed by atoms with Crippen LogP contribution in [-0.4, -0.2) is 47.4 Å². The molecule has 2 saturated heterocycles. The van der Waals surface area contributed by atoms with Gasteiger partial charge in [0.05, 0.1) is 0 Å². The van der Waals surface area contributed by atoms with Crippen molar-refractivity contribution in [2.75, 3.05) is 26.2 Å². The molecule has 0 aromatic heterocycles. The third-order valence-electron chi connectivity index (χ3n) is 4.33. The monoisotopic (exact) mass is 196 g/mol. The Kier molecular flexibility index (Phi) is 2.26. The van der Waals surface area contributed by atoms with Crippen molar-refractivity contribution in [1.82, 2.24) is 9.96 Å². The SMILES string of the molecule is ON1CC2CCC(C1)C2N1CCCC1. The fraction of sp³-hybridized carbons (Fsp3) is 1.00. The summed E-state index contributed by atoms with van der Waals surface area (Å²) in [6, 6.07) is 0.806. The molecule has 0 aromatic rings. The maximum atomic E-state index is 9.57. The van der Waals surface area contributed by atoms with Crippen LogP contribution in [0.2, 0.25) is 0 Å². The fourth-order valence-electron chi connectivity index (χ4n) is 3.81. The molecule has 3 heteroatoms. The summed E-state index contributed by atoms with van der Waals surface area (Å²) >= 11 is 0. The Morgan fingerprint density at radius 2 is 1.50 bits per heavy atom. The standard InChI is InChI=1S/C11H20N2O/c14-13-7-9-3-4-10(8-13)11(9)12-5-1-2-6-12/h9-11,14H,1-8H2. The topological polar surface area (TPSA) is 26.7 Å². The normalized spacial score (nSPS) is 44.8. The number of piperidine rings is 1. The average Bonchev–Trinajstić information content (AvgIpc) is 2.72. The van der Waals surface area contributed by atoms with E-state index in [2.05, 4.69) is 4.90 Å². The van der Waals surface area contributed by atoms with E-state index in [0.29, 0.717) is 0 Å². The van der Waals surface area contributed by atoms with Crippen molar-refractivity contribution in [2.24, 2.45) is 11.8 Å². The quantitative estimate of drug-likeness (QED) is 0.682. The first kappa shape index (κ1) is 9.13. The number of hydroxylamine groups is 2. The van der Waals surface area contributed by atoms with Crippen molar-refractivity contribution >= 4 is 0 Å². The van der Waals surface area contributed by atoms with Crippen LogP contribution in [0.3, 0.4) is 0 Å². The largest absolute Gasteiger partial charge is 0.314 e. The van der Waals surface area contributed by atoms with Gasteiger partial charge in [-0.15, -0.1) is 0 Å². The van der Waals surface area contributed by atoms with Crippen LogP contribution in [0.1, 0.15) is 25.7 Å². The highest BCUT2D eigenvalue weighted by Gasteiger charge is 2.44. The number of fused-ring (bicyclic) bond motifs is 2. The third kappa shape index (κ3) is 1.38. The maximum Gasteiger partial charge on any atom is 0.0281 e. The van der Waals surface area contributed by atoms with Gasteiger partial charge in [0.15, 0.2) is 0 Å². The van der Waals surface area contributed by atoms with Gasteiger partial charge in [-0.05, 0) is 50.6 Å². The molecule has 3 rings (SSSR count). The van der Waals surface area contributed by atoms with Gasteiger partial charge in [0.25, 0.3) is 0 Å². The van der Waals surface area contributed by atoms with Crippen LogP contribution in [0.15, 0.2) is 0 Å².